The summed E-state index contributed by atoms with van der Waals surface area (Å²) in [7, 11) is 0. The lowest BCUT2D eigenvalue weighted by Gasteiger charge is -2.41. The number of benzene rings is 1. The molecular formula is C21H24BrNO3. The number of hydrogen-bond donors (Lipinski definition) is 2. The number of aryl methyl sites for hydroxylation is 2. The first-order chi connectivity index (χ1) is 12.5. The van der Waals surface area contributed by atoms with E-state index in [-0.39, 0.29) is 17.7 Å². The van der Waals surface area contributed by atoms with Gasteiger partial charge in [-0.25, -0.2) is 0 Å². The van der Waals surface area contributed by atoms with E-state index in [2.05, 4.69) is 47.2 Å². The largest absolute Gasteiger partial charge is 0.481 e. The van der Waals surface area contributed by atoms with Gasteiger partial charge in [-0.05, 0) is 66.2 Å². The molecular weight excluding hydrogens is 394 g/mol. The maximum absolute atomic E-state index is 13.2. The predicted octanol–water partition coefficient (Wildman–Crippen LogP) is 4.28. The van der Waals surface area contributed by atoms with Crippen molar-refractivity contribution in [3.8, 4) is 0 Å². The van der Waals surface area contributed by atoms with Gasteiger partial charge in [-0.2, -0.15) is 0 Å². The number of rotatable bonds is 5. The van der Waals surface area contributed by atoms with Crippen LogP contribution in [0.1, 0.15) is 31.4 Å². The Morgan fingerprint density at radius 3 is 2.12 bits per heavy atom. The van der Waals surface area contributed by atoms with E-state index < -0.39 is 17.8 Å². The van der Waals surface area contributed by atoms with Crippen molar-refractivity contribution in [1.29, 1.82) is 0 Å². The zero-order chi connectivity index (χ0) is 18.6. The summed E-state index contributed by atoms with van der Waals surface area (Å²) in [5.74, 6) is -0.983. The van der Waals surface area contributed by atoms with Gasteiger partial charge in [0.1, 0.15) is 0 Å². The summed E-state index contributed by atoms with van der Waals surface area (Å²) in [6.45, 7) is 4.13. The van der Waals surface area contributed by atoms with Gasteiger partial charge in [0.05, 0.1) is 11.8 Å². The van der Waals surface area contributed by atoms with Crippen LogP contribution in [0.2, 0.25) is 0 Å². The van der Waals surface area contributed by atoms with Crippen molar-refractivity contribution in [2.45, 2.75) is 33.1 Å². The SMILES string of the molecule is CCc1cc(Br)cc(CC)c1NC(=O)[C@H]1[C@H]2C=C[C@H]([C@H]3C[C@H]23)[C@@H]1C(=O)O. The minimum absolute atomic E-state index is 0.0134. The molecule has 0 saturated heterocycles. The van der Waals surface area contributed by atoms with E-state index in [1.165, 1.54) is 0 Å². The second-order valence-corrected chi connectivity index (χ2v) is 8.70. The summed E-state index contributed by atoms with van der Waals surface area (Å²) >= 11 is 3.54. The molecule has 0 aromatic heterocycles. The Hall–Kier alpha value is -1.62. The lowest BCUT2D eigenvalue weighted by molar-refractivity contribution is -0.152. The van der Waals surface area contributed by atoms with E-state index in [0.717, 1.165) is 40.5 Å². The lowest BCUT2D eigenvalue weighted by atomic mass is 9.62. The van der Waals surface area contributed by atoms with E-state index in [1.54, 1.807) is 0 Å². The van der Waals surface area contributed by atoms with Gasteiger partial charge in [0.25, 0.3) is 0 Å². The summed E-state index contributed by atoms with van der Waals surface area (Å²) in [4.78, 5) is 25.2. The van der Waals surface area contributed by atoms with Crippen LogP contribution < -0.4 is 5.32 Å². The van der Waals surface area contributed by atoms with Gasteiger partial charge in [0.2, 0.25) is 5.91 Å². The van der Waals surface area contributed by atoms with Crippen molar-refractivity contribution in [3.05, 3.63) is 39.9 Å². The highest BCUT2D eigenvalue weighted by molar-refractivity contribution is 9.10. The molecule has 0 spiro atoms. The van der Waals surface area contributed by atoms with E-state index >= 15 is 0 Å². The monoisotopic (exact) mass is 417 g/mol. The van der Waals surface area contributed by atoms with E-state index in [9.17, 15) is 14.7 Å². The van der Waals surface area contributed by atoms with Crippen LogP contribution >= 0.6 is 15.9 Å². The molecule has 2 N–H and O–H groups in total. The van der Waals surface area contributed by atoms with Crippen molar-refractivity contribution in [2.24, 2.45) is 35.5 Å². The maximum atomic E-state index is 13.2. The van der Waals surface area contributed by atoms with Crippen molar-refractivity contribution >= 4 is 33.5 Å². The zero-order valence-electron chi connectivity index (χ0n) is 15.0. The van der Waals surface area contributed by atoms with Crippen LogP contribution in [0.5, 0.6) is 0 Å². The fraction of sp³-hybridized carbons (Fsp3) is 0.524. The van der Waals surface area contributed by atoms with Crippen LogP contribution in [-0.4, -0.2) is 17.0 Å². The van der Waals surface area contributed by atoms with Crippen LogP contribution in [0.3, 0.4) is 0 Å². The zero-order valence-corrected chi connectivity index (χ0v) is 16.6. The van der Waals surface area contributed by atoms with Gasteiger partial charge < -0.3 is 10.4 Å². The summed E-state index contributed by atoms with van der Waals surface area (Å²) in [6, 6.07) is 4.07. The molecule has 138 valence electrons. The molecule has 5 rings (SSSR count). The van der Waals surface area contributed by atoms with E-state index in [0.29, 0.717) is 11.8 Å². The molecule has 1 aromatic carbocycles. The number of carbonyl (C=O) groups is 2. The summed E-state index contributed by atoms with van der Waals surface area (Å²) < 4.78 is 1.01. The third kappa shape index (κ3) is 2.72. The Morgan fingerprint density at radius 1 is 1.08 bits per heavy atom. The molecule has 0 aliphatic heterocycles. The number of nitrogens with one attached hydrogen (secondary N) is 1. The van der Waals surface area contributed by atoms with E-state index in [1.807, 2.05) is 12.1 Å². The first kappa shape index (κ1) is 17.8. The first-order valence-corrected chi connectivity index (χ1v) is 10.3. The van der Waals surface area contributed by atoms with E-state index in [4.69, 9.17) is 0 Å². The normalized spacial score (nSPS) is 33.7. The highest BCUT2D eigenvalue weighted by atomic mass is 79.9. The number of allylic oxidation sites excluding steroid dienone is 2. The number of carbonyl (C=O) groups excluding carboxylic acids is 1. The molecule has 0 unspecified atom stereocenters. The molecule has 0 radical (unpaired) electrons. The first-order valence-electron chi connectivity index (χ1n) is 9.49. The molecule has 5 heteroatoms. The highest BCUT2D eigenvalue weighted by Gasteiger charge is 2.63. The topological polar surface area (TPSA) is 66.4 Å². The molecule has 26 heavy (non-hydrogen) atoms. The second kappa shape index (κ2) is 6.52. The molecule has 4 nitrogen and oxygen atoms in total. The number of hydrogen-bond acceptors (Lipinski definition) is 2. The van der Waals surface area contributed by atoms with Crippen LogP contribution in [0, 0.1) is 35.5 Å². The molecule has 2 fully saturated rings. The summed E-state index contributed by atoms with van der Waals surface area (Å²) in [5.41, 5.74) is 3.03. The van der Waals surface area contributed by atoms with Crippen LogP contribution in [0.25, 0.3) is 0 Å². The maximum Gasteiger partial charge on any atom is 0.307 e. The molecule has 4 aliphatic carbocycles. The Morgan fingerprint density at radius 2 is 1.62 bits per heavy atom. The summed E-state index contributed by atoms with van der Waals surface area (Å²) in [5, 5.41) is 12.9. The van der Waals surface area contributed by atoms with Crippen molar-refractivity contribution < 1.29 is 14.7 Å². The number of carboxylic acids is 1. The molecule has 2 saturated carbocycles. The number of amides is 1. The fourth-order valence-electron chi connectivity index (χ4n) is 5.22. The molecule has 6 atom stereocenters. The minimum Gasteiger partial charge on any atom is -0.481 e. The fourth-order valence-corrected chi connectivity index (χ4v) is 5.77. The predicted molar refractivity (Wildman–Crippen MR) is 104 cm³/mol. The third-order valence-corrected chi connectivity index (χ3v) is 6.97. The number of fused-ring (bicyclic) bond motifs is 1. The lowest BCUT2D eigenvalue weighted by Crippen LogP contribution is -2.48. The van der Waals surface area contributed by atoms with Crippen molar-refractivity contribution in [3.63, 3.8) is 0 Å². The average molecular weight is 418 g/mol. The summed E-state index contributed by atoms with van der Waals surface area (Å²) in [6.07, 6.45) is 6.84. The Labute approximate surface area is 162 Å². The molecule has 1 aromatic rings. The molecule has 4 aliphatic rings. The minimum atomic E-state index is -0.836. The number of carboxylic acid groups (broad SMARTS) is 1. The highest BCUT2D eigenvalue weighted by Crippen LogP contribution is 2.63. The molecule has 1 amide bonds. The van der Waals surface area contributed by atoms with Gasteiger partial charge >= 0.3 is 5.97 Å². The van der Waals surface area contributed by atoms with Gasteiger partial charge in [-0.3, -0.25) is 9.59 Å². The van der Waals surface area contributed by atoms with Crippen LogP contribution in [0.15, 0.2) is 28.8 Å². The van der Waals surface area contributed by atoms with Gasteiger partial charge in [-0.15, -0.1) is 0 Å². The van der Waals surface area contributed by atoms with Gasteiger partial charge in [-0.1, -0.05) is 41.9 Å². The average Bonchev–Trinajstić information content (AvgIpc) is 3.44. The number of aliphatic carboxylic acids is 1. The van der Waals surface area contributed by atoms with Crippen molar-refractivity contribution in [1.82, 2.24) is 0 Å². The van der Waals surface area contributed by atoms with Crippen LogP contribution in [-0.2, 0) is 22.4 Å². The smallest absolute Gasteiger partial charge is 0.307 e. The Kier molecular flexibility index (Phi) is 4.46. The molecule has 2 bridgehead atoms. The Balaban J connectivity index is 1.66. The number of halogens is 1. The van der Waals surface area contributed by atoms with Crippen molar-refractivity contribution in [2.75, 3.05) is 5.32 Å². The Bertz CT molecular complexity index is 777. The standard InChI is InChI=1S/C21H24BrNO3/c1-3-10-7-12(22)8-11(4-2)19(10)23-20(24)17-13-5-6-14(16-9-15(13)16)18(17)21(25)26/h5-8,13-18H,3-4,9H2,1-2H3,(H,23,24)(H,25,26)/t13-,14+,15+,16+,17-,18-/m0/s1. The number of anilines is 1. The molecule has 0 heterocycles. The second-order valence-electron chi connectivity index (χ2n) is 7.79. The third-order valence-electron chi connectivity index (χ3n) is 6.52. The van der Waals surface area contributed by atoms with Gasteiger partial charge in [0.15, 0.2) is 0 Å². The van der Waals surface area contributed by atoms with Crippen LogP contribution in [0.4, 0.5) is 5.69 Å². The quantitative estimate of drug-likeness (QED) is 0.702. The van der Waals surface area contributed by atoms with Gasteiger partial charge in [0, 0.05) is 10.2 Å².